The quantitative estimate of drug-likeness (QED) is 0.169. The zero-order chi connectivity index (χ0) is 27.5. The summed E-state index contributed by atoms with van der Waals surface area (Å²) >= 11 is 0. The fourth-order valence-electron chi connectivity index (χ4n) is 3.28. The highest BCUT2D eigenvalue weighted by molar-refractivity contribution is 7.92. The Labute approximate surface area is 220 Å². The van der Waals surface area contributed by atoms with Crippen LogP contribution in [0.1, 0.15) is 12.5 Å². The third kappa shape index (κ3) is 7.01. The Hall–Kier alpha value is -4.58. The largest absolute Gasteiger partial charge is 0.513 e. The van der Waals surface area contributed by atoms with Crippen LogP contribution in [0.2, 0.25) is 0 Å². The number of methoxy groups -OCH3 is 2. The normalized spacial score (nSPS) is 11.0. The summed E-state index contributed by atoms with van der Waals surface area (Å²) in [4.78, 5) is 24.2. The number of benzene rings is 3. The maximum atomic E-state index is 13.5. The number of carbonyl (C=O) groups is 2. The van der Waals surface area contributed by atoms with Gasteiger partial charge in [0, 0.05) is 0 Å². The molecular formula is C26H27N3O8S. The molecule has 0 fully saturated rings. The van der Waals surface area contributed by atoms with E-state index in [1.165, 1.54) is 44.7 Å². The molecule has 0 saturated heterocycles. The number of hydrogen-bond donors (Lipinski definition) is 1. The molecule has 0 atom stereocenters. The van der Waals surface area contributed by atoms with E-state index in [-0.39, 0.29) is 22.1 Å². The lowest BCUT2D eigenvalue weighted by Crippen LogP contribution is -2.39. The first kappa shape index (κ1) is 28.0. The van der Waals surface area contributed by atoms with Crippen molar-refractivity contribution in [3.05, 3.63) is 78.4 Å². The first-order valence-electron chi connectivity index (χ1n) is 11.4. The number of rotatable bonds is 11. The number of nitrogens with one attached hydrogen (secondary N) is 1. The molecule has 0 aliphatic carbocycles. The van der Waals surface area contributed by atoms with Crippen LogP contribution in [0, 0.1) is 0 Å². The molecule has 1 amide bonds. The predicted molar refractivity (Wildman–Crippen MR) is 140 cm³/mol. The third-order valence-corrected chi connectivity index (χ3v) is 6.78. The highest BCUT2D eigenvalue weighted by Gasteiger charge is 2.29. The maximum Gasteiger partial charge on any atom is 0.513 e. The zero-order valence-electron chi connectivity index (χ0n) is 21.0. The van der Waals surface area contributed by atoms with Crippen molar-refractivity contribution >= 4 is 34.0 Å². The number of nitrogens with zero attached hydrogens (tertiary/aromatic N) is 2. The standard InChI is InChI=1S/C26H27N3O8S/c1-4-36-22-13-9-8-12-21(22)29(38(32,33)20-10-6-5-7-11-20)18-25(30)28-27-17-19-14-15-23(24(16-19)34-2)37-26(31)35-3/h5-17H,4,18H2,1-3H3,(H,28,30)/b27-17-. The topological polar surface area (TPSA) is 133 Å². The third-order valence-electron chi connectivity index (χ3n) is 5.00. The van der Waals surface area contributed by atoms with Gasteiger partial charge in [-0.3, -0.25) is 9.10 Å². The van der Waals surface area contributed by atoms with Gasteiger partial charge in [0.05, 0.1) is 37.6 Å². The van der Waals surface area contributed by atoms with E-state index < -0.39 is 28.6 Å². The monoisotopic (exact) mass is 541 g/mol. The molecule has 0 aliphatic rings. The maximum absolute atomic E-state index is 13.5. The van der Waals surface area contributed by atoms with Crippen LogP contribution >= 0.6 is 0 Å². The van der Waals surface area contributed by atoms with Crippen molar-refractivity contribution in [2.45, 2.75) is 11.8 Å². The molecule has 0 saturated carbocycles. The molecule has 38 heavy (non-hydrogen) atoms. The Morgan fingerprint density at radius 2 is 1.66 bits per heavy atom. The number of para-hydroxylation sites is 2. The molecule has 3 aromatic rings. The van der Waals surface area contributed by atoms with Gasteiger partial charge in [0.2, 0.25) is 0 Å². The number of sulfonamides is 1. The minimum absolute atomic E-state index is 0.0176. The van der Waals surface area contributed by atoms with Gasteiger partial charge in [-0.05, 0) is 55.0 Å². The van der Waals surface area contributed by atoms with Crippen LogP contribution < -0.4 is 23.9 Å². The predicted octanol–water partition coefficient (Wildman–Crippen LogP) is 3.58. The van der Waals surface area contributed by atoms with Crippen LogP contribution in [0.15, 0.2) is 82.8 Å². The van der Waals surface area contributed by atoms with Gasteiger partial charge in [0.15, 0.2) is 11.5 Å². The fraction of sp³-hybridized carbons (Fsp3) is 0.192. The van der Waals surface area contributed by atoms with E-state index in [9.17, 15) is 18.0 Å². The van der Waals surface area contributed by atoms with Gasteiger partial charge in [-0.2, -0.15) is 5.10 Å². The molecule has 3 aromatic carbocycles. The average Bonchev–Trinajstić information content (AvgIpc) is 2.93. The zero-order valence-corrected chi connectivity index (χ0v) is 21.8. The van der Waals surface area contributed by atoms with E-state index in [0.717, 1.165) is 4.31 Å². The lowest BCUT2D eigenvalue weighted by molar-refractivity contribution is -0.119. The first-order valence-corrected chi connectivity index (χ1v) is 12.8. The SMILES string of the molecule is CCOc1ccccc1N(CC(=O)N/N=C\c1ccc(OC(=O)OC)c(OC)c1)S(=O)(=O)c1ccccc1. The Morgan fingerprint density at radius 1 is 0.947 bits per heavy atom. The molecule has 0 unspecified atom stereocenters. The lowest BCUT2D eigenvalue weighted by atomic mass is 10.2. The molecule has 11 nitrogen and oxygen atoms in total. The number of carbonyl (C=O) groups excluding carboxylic acids is 2. The van der Waals surface area contributed by atoms with Crippen LogP contribution in [-0.2, 0) is 19.6 Å². The molecule has 0 radical (unpaired) electrons. The van der Waals surface area contributed by atoms with E-state index in [0.29, 0.717) is 17.9 Å². The molecule has 200 valence electrons. The first-order chi connectivity index (χ1) is 18.3. The Morgan fingerprint density at radius 3 is 2.34 bits per heavy atom. The number of anilines is 1. The van der Waals surface area contributed by atoms with Crippen molar-refractivity contribution in [2.75, 3.05) is 31.7 Å². The highest BCUT2D eigenvalue weighted by Crippen LogP contribution is 2.32. The minimum Gasteiger partial charge on any atom is -0.493 e. The van der Waals surface area contributed by atoms with Gasteiger partial charge < -0.3 is 18.9 Å². The molecule has 0 aliphatic heterocycles. The molecule has 0 spiro atoms. The molecule has 12 heteroatoms. The van der Waals surface area contributed by atoms with Gasteiger partial charge >= 0.3 is 6.16 Å². The summed E-state index contributed by atoms with van der Waals surface area (Å²) in [5.41, 5.74) is 3.06. The van der Waals surface area contributed by atoms with Crippen LogP contribution in [0.25, 0.3) is 0 Å². The number of hydrogen-bond acceptors (Lipinski definition) is 9. The summed E-state index contributed by atoms with van der Waals surface area (Å²) in [6.45, 7) is 1.52. The van der Waals surface area contributed by atoms with E-state index in [2.05, 4.69) is 15.3 Å². The Kier molecular flexibility index (Phi) is 9.66. The fourth-order valence-corrected chi connectivity index (χ4v) is 4.74. The molecular weight excluding hydrogens is 514 g/mol. The highest BCUT2D eigenvalue weighted by atomic mass is 32.2. The van der Waals surface area contributed by atoms with E-state index in [4.69, 9.17) is 14.2 Å². The summed E-state index contributed by atoms with van der Waals surface area (Å²) in [6.07, 6.45) is 0.421. The van der Waals surface area contributed by atoms with Crippen molar-refractivity contribution in [2.24, 2.45) is 5.10 Å². The molecule has 0 bridgehead atoms. The van der Waals surface area contributed by atoms with Gasteiger partial charge in [0.25, 0.3) is 15.9 Å². The summed E-state index contributed by atoms with van der Waals surface area (Å²) < 4.78 is 48.3. The van der Waals surface area contributed by atoms with Gasteiger partial charge in [-0.1, -0.05) is 30.3 Å². The second-order valence-corrected chi connectivity index (χ2v) is 9.35. The van der Waals surface area contributed by atoms with Gasteiger partial charge in [0.1, 0.15) is 12.3 Å². The molecule has 0 aromatic heterocycles. The van der Waals surface area contributed by atoms with E-state index in [1.54, 1.807) is 55.5 Å². The Bertz CT molecular complexity index is 1390. The van der Waals surface area contributed by atoms with Gasteiger partial charge in [-0.15, -0.1) is 0 Å². The van der Waals surface area contributed by atoms with E-state index >= 15 is 0 Å². The second-order valence-electron chi connectivity index (χ2n) is 7.49. The average molecular weight is 542 g/mol. The van der Waals surface area contributed by atoms with Crippen LogP contribution in [0.5, 0.6) is 17.2 Å². The van der Waals surface area contributed by atoms with Crippen molar-refractivity contribution in [1.29, 1.82) is 0 Å². The van der Waals surface area contributed by atoms with Gasteiger partial charge in [-0.25, -0.2) is 18.6 Å². The lowest BCUT2D eigenvalue weighted by Gasteiger charge is -2.25. The number of ether oxygens (including phenoxy) is 4. The summed E-state index contributed by atoms with van der Waals surface area (Å²) in [7, 11) is -1.55. The van der Waals surface area contributed by atoms with E-state index in [1.807, 2.05) is 0 Å². The number of hydrazone groups is 1. The van der Waals surface area contributed by atoms with Crippen molar-refractivity contribution in [3.8, 4) is 17.2 Å². The molecule has 0 heterocycles. The minimum atomic E-state index is -4.12. The van der Waals surface area contributed by atoms with Crippen LogP contribution in [-0.4, -0.2) is 54.1 Å². The van der Waals surface area contributed by atoms with Crippen molar-refractivity contribution < 1.29 is 37.0 Å². The van der Waals surface area contributed by atoms with Crippen LogP contribution in [0.4, 0.5) is 10.5 Å². The molecule has 3 rings (SSSR count). The summed E-state index contributed by atoms with van der Waals surface area (Å²) in [5.74, 6) is -0.00886. The van der Waals surface area contributed by atoms with Crippen LogP contribution in [0.3, 0.4) is 0 Å². The Balaban J connectivity index is 1.82. The van der Waals surface area contributed by atoms with Crippen molar-refractivity contribution in [1.82, 2.24) is 5.43 Å². The smallest absolute Gasteiger partial charge is 0.493 e. The van der Waals surface area contributed by atoms with Crippen molar-refractivity contribution in [3.63, 3.8) is 0 Å². The molecule has 1 N–H and O–H groups in total. The number of amides is 1. The summed E-state index contributed by atoms with van der Waals surface area (Å²) in [6, 6.07) is 18.9. The second kappa shape index (κ2) is 13.1. The summed E-state index contributed by atoms with van der Waals surface area (Å²) in [5, 5.41) is 3.92.